The maximum atomic E-state index is 12.9. The minimum absolute atomic E-state index is 0.138. The first-order valence-corrected chi connectivity index (χ1v) is 5.40. The number of halogens is 4. The molecule has 5 heteroatoms. The number of benzene rings is 1. The standard InChI is InChI=1S/C11H13ClF3N/c1-2-5-16-10(11(14)15)7-3-4-9(13)8(12)6-7/h3-4,6,10-11,16H,2,5H2,1H3. The van der Waals surface area contributed by atoms with E-state index in [1.165, 1.54) is 12.1 Å². The summed E-state index contributed by atoms with van der Waals surface area (Å²) >= 11 is 5.55. The van der Waals surface area contributed by atoms with Gasteiger partial charge >= 0.3 is 0 Å². The molecule has 1 aromatic carbocycles. The fourth-order valence-corrected chi connectivity index (χ4v) is 1.55. The van der Waals surface area contributed by atoms with Gasteiger partial charge in [0.1, 0.15) is 5.82 Å². The highest BCUT2D eigenvalue weighted by Crippen LogP contribution is 2.25. The molecule has 1 atom stereocenters. The molecule has 0 aliphatic heterocycles. The maximum absolute atomic E-state index is 12.9. The highest BCUT2D eigenvalue weighted by atomic mass is 35.5. The monoisotopic (exact) mass is 251 g/mol. The summed E-state index contributed by atoms with van der Waals surface area (Å²) in [7, 11) is 0. The summed E-state index contributed by atoms with van der Waals surface area (Å²) in [6.07, 6.45) is -1.80. The Kier molecular flexibility index (Phi) is 5.09. The van der Waals surface area contributed by atoms with Crippen LogP contribution in [-0.4, -0.2) is 13.0 Å². The Morgan fingerprint density at radius 1 is 1.38 bits per heavy atom. The van der Waals surface area contributed by atoms with Crippen molar-refractivity contribution in [3.8, 4) is 0 Å². The second kappa shape index (κ2) is 6.11. The van der Waals surface area contributed by atoms with Gasteiger partial charge in [0.25, 0.3) is 6.43 Å². The first kappa shape index (κ1) is 13.3. The van der Waals surface area contributed by atoms with Gasteiger partial charge in [0.2, 0.25) is 0 Å². The third kappa shape index (κ3) is 3.39. The Balaban J connectivity index is 2.88. The summed E-state index contributed by atoms with van der Waals surface area (Å²) < 4.78 is 38.4. The molecular formula is C11H13ClF3N. The van der Waals surface area contributed by atoms with E-state index in [0.29, 0.717) is 12.1 Å². The van der Waals surface area contributed by atoms with Crippen molar-refractivity contribution in [1.82, 2.24) is 5.32 Å². The van der Waals surface area contributed by atoms with E-state index in [1.54, 1.807) is 0 Å². The summed E-state index contributed by atoms with van der Waals surface area (Å²) in [6, 6.07) is 2.55. The van der Waals surface area contributed by atoms with Gasteiger partial charge in [0.15, 0.2) is 0 Å². The predicted molar refractivity (Wildman–Crippen MR) is 58.4 cm³/mol. The highest BCUT2D eigenvalue weighted by Gasteiger charge is 2.22. The van der Waals surface area contributed by atoms with E-state index in [9.17, 15) is 13.2 Å². The van der Waals surface area contributed by atoms with Crippen LogP contribution >= 0.6 is 11.6 Å². The molecular weight excluding hydrogens is 239 g/mol. The third-order valence-electron chi connectivity index (χ3n) is 2.17. The lowest BCUT2D eigenvalue weighted by Crippen LogP contribution is -2.28. The average Bonchev–Trinajstić information content (AvgIpc) is 2.23. The van der Waals surface area contributed by atoms with E-state index in [2.05, 4.69) is 5.32 Å². The van der Waals surface area contributed by atoms with E-state index in [1.807, 2.05) is 6.92 Å². The first-order valence-electron chi connectivity index (χ1n) is 5.02. The van der Waals surface area contributed by atoms with Crippen LogP contribution in [0.3, 0.4) is 0 Å². The van der Waals surface area contributed by atoms with Gasteiger partial charge in [-0.05, 0) is 30.7 Å². The van der Waals surface area contributed by atoms with Gasteiger partial charge < -0.3 is 5.32 Å². The second-order valence-electron chi connectivity index (χ2n) is 3.44. The molecule has 0 aliphatic rings. The smallest absolute Gasteiger partial charge is 0.257 e. The van der Waals surface area contributed by atoms with Gasteiger partial charge in [-0.2, -0.15) is 0 Å². The molecule has 0 bridgehead atoms. The topological polar surface area (TPSA) is 12.0 Å². The van der Waals surface area contributed by atoms with Crippen molar-refractivity contribution in [3.05, 3.63) is 34.6 Å². The normalized spacial score (nSPS) is 13.1. The molecule has 1 rings (SSSR count). The van der Waals surface area contributed by atoms with E-state index in [-0.39, 0.29) is 5.02 Å². The number of hydrogen-bond donors (Lipinski definition) is 1. The summed E-state index contributed by atoms with van der Waals surface area (Å²) in [5.74, 6) is -0.603. The van der Waals surface area contributed by atoms with Crippen molar-refractivity contribution in [1.29, 1.82) is 0 Å². The Morgan fingerprint density at radius 3 is 2.56 bits per heavy atom. The van der Waals surface area contributed by atoms with Gasteiger partial charge in [-0.25, -0.2) is 13.2 Å². The van der Waals surface area contributed by atoms with Crippen molar-refractivity contribution < 1.29 is 13.2 Å². The summed E-state index contributed by atoms with van der Waals surface area (Å²) in [4.78, 5) is 0. The van der Waals surface area contributed by atoms with Crippen LogP contribution in [0.2, 0.25) is 5.02 Å². The molecule has 0 fully saturated rings. The average molecular weight is 252 g/mol. The van der Waals surface area contributed by atoms with Gasteiger partial charge in [-0.15, -0.1) is 0 Å². The fourth-order valence-electron chi connectivity index (χ4n) is 1.36. The van der Waals surface area contributed by atoms with Crippen molar-refractivity contribution in [2.75, 3.05) is 6.54 Å². The van der Waals surface area contributed by atoms with Crippen LogP contribution < -0.4 is 5.32 Å². The lowest BCUT2D eigenvalue weighted by atomic mass is 10.1. The SMILES string of the molecule is CCCNC(c1ccc(F)c(Cl)c1)C(F)F. The fraction of sp³-hybridized carbons (Fsp3) is 0.455. The molecule has 0 amide bonds. The zero-order chi connectivity index (χ0) is 12.1. The zero-order valence-corrected chi connectivity index (χ0v) is 9.57. The van der Waals surface area contributed by atoms with Gasteiger partial charge in [0.05, 0.1) is 11.1 Å². The molecule has 0 saturated heterocycles. The van der Waals surface area contributed by atoms with Crippen molar-refractivity contribution in [3.63, 3.8) is 0 Å². The molecule has 0 aliphatic carbocycles. The second-order valence-corrected chi connectivity index (χ2v) is 3.85. The predicted octanol–water partition coefficient (Wildman–Crippen LogP) is 3.78. The van der Waals surface area contributed by atoms with Crippen molar-refractivity contribution >= 4 is 11.6 Å². The number of rotatable bonds is 5. The Morgan fingerprint density at radius 2 is 2.06 bits per heavy atom. The Labute approximate surface area is 97.6 Å². The Bertz CT molecular complexity index is 344. The molecule has 1 unspecified atom stereocenters. The minimum atomic E-state index is -2.55. The summed E-state index contributed by atoms with van der Waals surface area (Å²) in [5.41, 5.74) is 0.301. The summed E-state index contributed by atoms with van der Waals surface area (Å²) in [5, 5.41) is 2.56. The number of hydrogen-bond acceptors (Lipinski definition) is 1. The molecule has 1 aromatic rings. The van der Waals surface area contributed by atoms with Crippen LogP contribution in [0.25, 0.3) is 0 Å². The molecule has 90 valence electrons. The largest absolute Gasteiger partial charge is 0.305 e. The highest BCUT2D eigenvalue weighted by molar-refractivity contribution is 6.30. The van der Waals surface area contributed by atoms with Crippen molar-refractivity contribution in [2.24, 2.45) is 0 Å². The maximum Gasteiger partial charge on any atom is 0.257 e. The molecule has 1 N–H and O–H groups in total. The number of nitrogens with one attached hydrogen (secondary N) is 1. The number of alkyl halides is 2. The van der Waals surface area contributed by atoms with Crippen LogP contribution in [0.5, 0.6) is 0 Å². The van der Waals surface area contributed by atoms with E-state index >= 15 is 0 Å². The van der Waals surface area contributed by atoms with E-state index in [0.717, 1.165) is 12.5 Å². The zero-order valence-electron chi connectivity index (χ0n) is 8.81. The first-order chi connectivity index (χ1) is 7.56. The molecule has 0 radical (unpaired) electrons. The van der Waals surface area contributed by atoms with Gasteiger partial charge in [-0.3, -0.25) is 0 Å². The molecule has 16 heavy (non-hydrogen) atoms. The quantitative estimate of drug-likeness (QED) is 0.840. The van der Waals surface area contributed by atoms with Crippen LogP contribution in [-0.2, 0) is 0 Å². The molecule has 0 saturated carbocycles. The molecule has 1 nitrogen and oxygen atoms in total. The van der Waals surface area contributed by atoms with E-state index < -0.39 is 18.3 Å². The summed E-state index contributed by atoms with van der Waals surface area (Å²) in [6.45, 7) is 2.36. The molecule has 0 aromatic heterocycles. The molecule has 0 heterocycles. The Hall–Kier alpha value is -0.740. The molecule has 0 spiro atoms. The third-order valence-corrected chi connectivity index (χ3v) is 2.46. The van der Waals surface area contributed by atoms with Crippen LogP contribution in [0.4, 0.5) is 13.2 Å². The lowest BCUT2D eigenvalue weighted by molar-refractivity contribution is 0.0985. The van der Waals surface area contributed by atoms with Gasteiger partial charge in [0, 0.05) is 0 Å². The van der Waals surface area contributed by atoms with Gasteiger partial charge in [-0.1, -0.05) is 24.6 Å². The van der Waals surface area contributed by atoms with Crippen molar-refractivity contribution in [2.45, 2.75) is 25.8 Å². The lowest BCUT2D eigenvalue weighted by Gasteiger charge is -2.18. The van der Waals surface area contributed by atoms with Crippen LogP contribution in [0, 0.1) is 5.82 Å². The van der Waals surface area contributed by atoms with E-state index in [4.69, 9.17) is 11.6 Å². The van der Waals surface area contributed by atoms with Crippen LogP contribution in [0.15, 0.2) is 18.2 Å². The minimum Gasteiger partial charge on any atom is -0.305 e. The van der Waals surface area contributed by atoms with Crippen LogP contribution in [0.1, 0.15) is 24.9 Å².